The summed E-state index contributed by atoms with van der Waals surface area (Å²) >= 11 is 0. The Hall–Kier alpha value is -2.59. The minimum Gasteiger partial charge on any atom is -0.492 e. The predicted molar refractivity (Wildman–Crippen MR) is 109 cm³/mol. The predicted octanol–water partition coefficient (Wildman–Crippen LogP) is 4.99. The third-order valence-electron chi connectivity index (χ3n) is 4.57. The average molecular weight is 365 g/mol. The van der Waals surface area contributed by atoms with Crippen LogP contribution >= 0.6 is 0 Å². The maximum atomic E-state index is 13.2. The minimum atomic E-state index is 0.00486. The normalized spacial score (nSPS) is 11.0. The molecule has 2 aromatic carbocycles. The van der Waals surface area contributed by atoms with Crippen LogP contribution in [0.25, 0.3) is 11.0 Å². The van der Waals surface area contributed by atoms with E-state index in [1.54, 1.807) is 0 Å². The third-order valence-corrected chi connectivity index (χ3v) is 4.57. The number of carbonyl (C=O) groups excluding carboxylic acids is 1. The number of unbranched alkanes of at least 4 members (excludes halogenated alkanes) is 1. The SMILES string of the molecule is CCCCc1oc2ccccc2c1C(=O)c1ccc(OCCNCC)cc1. The summed E-state index contributed by atoms with van der Waals surface area (Å²) in [5.74, 6) is 1.56. The van der Waals surface area contributed by atoms with E-state index in [0.29, 0.717) is 17.7 Å². The van der Waals surface area contributed by atoms with E-state index in [9.17, 15) is 4.79 Å². The van der Waals surface area contributed by atoms with Crippen LogP contribution in [0.1, 0.15) is 48.4 Å². The molecule has 0 unspecified atom stereocenters. The van der Waals surface area contributed by atoms with Crippen LogP contribution < -0.4 is 10.1 Å². The topological polar surface area (TPSA) is 51.5 Å². The van der Waals surface area contributed by atoms with E-state index in [1.165, 1.54) is 0 Å². The first-order chi connectivity index (χ1) is 13.2. The number of furan rings is 1. The number of ether oxygens (including phenoxy) is 1. The van der Waals surface area contributed by atoms with Crippen molar-refractivity contribution in [2.24, 2.45) is 0 Å². The zero-order valence-corrected chi connectivity index (χ0v) is 16.1. The lowest BCUT2D eigenvalue weighted by molar-refractivity contribution is 0.103. The van der Waals surface area contributed by atoms with E-state index in [-0.39, 0.29) is 5.78 Å². The second-order valence-electron chi connectivity index (χ2n) is 6.56. The monoisotopic (exact) mass is 365 g/mol. The molecule has 0 saturated heterocycles. The van der Waals surface area contributed by atoms with Gasteiger partial charge < -0.3 is 14.5 Å². The summed E-state index contributed by atoms with van der Waals surface area (Å²) in [4.78, 5) is 13.2. The van der Waals surface area contributed by atoms with Gasteiger partial charge in [-0.05, 0) is 43.3 Å². The number of para-hydroxylation sites is 1. The number of hydrogen-bond donors (Lipinski definition) is 1. The van der Waals surface area contributed by atoms with Gasteiger partial charge in [-0.1, -0.05) is 38.5 Å². The Morgan fingerprint density at radius 2 is 1.85 bits per heavy atom. The molecule has 1 heterocycles. The van der Waals surface area contributed by atoms with Crippen molar-refractivity contribution >= 4 is 16.8 Å². The Morgan fingerprint density at radius 1 is 1.07 bits per heavy atom. The minimum absolute atomic E-state index is 0.00486. The Kier molecular flexibility index (Phi) is 6.66. The van der Waals surface area contributed by atoms with Crippen LogP contribution in [0.4, 0.5) is 0 Å². The summed E-state index contributed by atoms with van der Waals surface area (Å²) < 4.78 is 11.7. The first kappa shape index (κ1) is 19.2. The van der Waals surface area contributed by atoms with Gasteiger partial charge in [-0.2, -0.15) is 0 Å². The van der Waals surface area contributed by atoms with Crippen molar-refractivity contribution < 1.29 is 13.9 Å². The Morgan fingerprint density at radius 3 is 2.59 bits per heavy atom. The summed E-state index contributed by atoms with van der Waals surface area (Å²) in [7, 11) is 0. The van der Waals surface area contributed by atoms with E-state index >= 15 is 0 Å². The molecule has 0 aliphatic carbocycles. The molecule has 0 atom stereocenters. The number of rotatable bonds is 10. The molecule has 0 fully saturated rings. The summed E-state index contributed by atoms with van der Waals surface area (Å²) in [5, 5.41) is 4.11. The molecule has 4 nitrogen and oxygen atoms in total. The summed E-state index contributed by atoms with van der Waals surface area (Å²) in [5.41, 5.74) is 2.12. The zero-order valence-electron chi connectivity index (χ0n) is 16.1. The van der Waals surface area contributed by atoms with E-state index in [4.69, 9.17) is 9.15 Å². The first-order valence-corrected chi connectivity index (χ1v) is 9.73. The second-order valence-corrected chi connectivity index (χ2v) is 6.56. The zero-order chi connectivity index (χ0) is 19.1. The Bertz CT molecular complexity index is 880. The molecule has 1 N–H and O–H groups in total. The van der Waals surface area contributed by atoms with E-state index in [0.717, 1.165) is 54.8 Å². The lowest BCUT2D eigenvalue weighted by atomic mass is 9.98. The molecule has 0 bridgehead atoms. The van der Waals surface area contributed by atoms with Crippen molar-refractivity contribution in [1.82, 2.24) is 5.32 Å². The Balaban J connectivity index is 1.82. The smallest absolute Gasteiger partial charge is 0.197 e. The quantitative estimate of drug-likeness (QED) is 0.406. The molecule has 1 aromatic heterocycles. The molecule has 0 amide bonds. The highest BCUT2D eigenvalue weighted by atomic mass is 16.5. The molecule has 0 spiro atoms. The molecule has 3 aromatic rings. The van der Waals surface area contributed by atoms with Crippen molar-refractivity contribution in [3.8, 4) is 5.75 Å². The van der Waals surface area contributed by atoms with Gasteiger partial charge in [-0.15, -0.1) is 0 Å². The summed E-state index contributed by atoms with van der Waals surface area (Å²) in [6, 6.07) is 15.1. The van der Waals surface area contributed by atoms with Gasteiger partial charge in [0.25, 0.3) is 0 Å². The molecule has 0 aliphatic heterocycles. The fourth-order valence-electron chi connectivity index (χ4n) is 3.12. The van der Waals surface area contributed by atoms with E-state index in [1.807, 2.05) is 48.5 Å². The molecule has 27 heavy (non-hydrogen) atoms. The number of aryl methyl sites for hydroxylation is 1. The Labute approximate surface area is 160 Å². The van der Waals surface area contributed by atoms with Gasteiger partial charge in [0.2, 0.25) is 0 Å². The van der Waals surface area contributed by atoms with Gasteiger partial charge in [-0.3, -0.25) is 4.79 Å². The maximum Gasteiger partial charge on any atom is 0.197 e. The molecule has 0 saturated carbocycles. The summed E-state index contributed by atoms with van der Waals surface area (Å²) in [6.45, 7) is 6.54. The van der Waals surface area contributed by atoms with Crippen molar-refractivity contribution in [2.75, 3.05) is 19.7 Å². The fraction of sp³-hybridized carbons (Fsp3) is 0.348. The molecule has 0 aliphatic rings. The number of likely N-dealkylation sites (N-methyl/N-ethyl adjacent to an activating group) is 1. The highest BCUT2D eigenvalue weighted by molar-refractivity contribution is 6.16. The van der Waals surface area contributed by atoms with Crippen molar-refractivity contribution in [1.29, 1.82) is 0 Å². The molecule has 0 radical (unpaired) electrons. The van der Waals surface area contributed by atoms with Gasteiger partial charge in [0.1, 0.15) is 23.7 Å². The van der Waals surface area contributed by atoms with Crippen molar-refractivity contribution in [3.05, 3.63) is 65.4 Å². The van der Waals surface area contributed by atoms with Crippen molar-refractivity contribution in [3.63, 3.8) is 0 Å². The largest absolute Gasteiger partial charge is 0.492 e. The van der Waals surface area contributed by atoms with E-state index < -0.39 is 0 Å². The summed E-state index contributed by atoms with van der Waals surface area (Å²) in [6.07, 6.45) is 2.83. The van der Waals surface area contributed by atoms with Crippen LogP contribution in [-0.2, 0) is 6.42 Å². The molecular weight excluding hydrogens is 338 g/mol. The number of hydrogen-bond acceptors (Lipinski definition) is 4. The number of nitrogens with one attached hydrogen (secondary N) is 1. The number of fused-ring (bicyclic) bond motifs is 1. The molecule has 3 rings (SSSR count). The van der Waals surface area contributed by atoms with Gasteiger partial charge in [0.15, 0.2) is 5.78 Å². The first-order valence-electron chi connectivity index (χ1n) is 9.73. The van der Waals surface area contributed by atoms with Crippen molar-refractivity contribution in [2.45, 2.75) is 33.1 Å². The molecule has 142 valence electrons. The van der Waals surface area contributed by atoms with Crippen LogP contribution in [-0.4, -0.2) is 25.5 Å². The lowest BCUT2D eigenvalue weighted by Gasteiger charge is -2.07. The van der Waals surface area contributed by atoms with Gasteiger partial charge in [0, 0.05) is 23.9 Å². The van der Waals surface area contributed by atoms with Crippen LogP contribution in [0.3, 0.4) is 0 Å². The maximum absolute atomic E-state index is 13.2. The van der Waals surface area contributed by atoms with Crippen LogP contribution in [0, 0.1) is 0 Å². The average Bonchev–Trinajstić information content (AvgIpc) is 3.08. The number of carbonyl (C=O) groups is 1. The van der Waals surface area contributed by atoms with E-state index in [2.05, 4.69) is 19.2 Å². The third kappa shape index (κ3) is 4.58. The number of benzene rings is 2. The van der Waals surface area contributed by atoms with Gasteiger partial charge >= 0.3 is 0 Å². The standard InChI is InChI=1S/C23H27NO3/c1-3-5-9-21-22(19-8-6-7-10-20(19)27-21)23(25)17-11-13-18(14-12-17)26-16-15-24-4-2/h6-8,10-14,24H,3-5,9,15-16H2,1-2H3. The molecule has 4 heteroatoms. The second kappa shape index (κ2) is 9.38. The molecular formula is C23H27NO3. The fourth-order valence-corrected chi connectivity index (χ4v) is 3.12. The van der Waals surface area contributed by atoms with Crippen LogP contribution in [0.15, 0.2) is 52.9 Å². The van der Waals surface area contributed by atoms with Gasteiger partial charge in [-0.25, -0.2) is 0 Å². The van der Waals surface area contributed by atoms with Crippen LogP contribution in [0.2, 0.25) is 0 Å². The highest BCUT2D eigenvalue weighted by Gasteiger charge is 2.21. The van der Waals surface area contributed by atoms with Crippen LogP contribution in [0.5, 0.6) is 5.75 Å². The highest BCUT2D eigenvalue weighted by Crippen LogP contribution is 2.29. The van der Waals surface area contributed by atoms with Gasteiger partial charge in [0.05, 0.1) is 5.56 Å². The number of ketones is 1. The lowest BCUT2D eigenvalue weighted by Crippen LogP contribution is -2.20.